The number of Topliss-reactive ketones (excluding diaryl/α,β-unsaturated/α-hetero) is 1. The summed E-state index contributed by atoms with van der Waals surface area (Å²) in [5.74, 6) is -3.05. The van der Waals surface area contributed by atoms with Gasteiger partial charge in [0.05, 0.1) is 38.0 Å². The van der Waals surface area contributed by atoms with E-state index in [0.29, 0.717) is 29.7 Å². The van der Waals surface area contributed by atoms with Crippen molar-refractivity contribution < 1.29 is 66.6 Å². The van der Waals surface area contributed by atoms with Crippen LogP contribution >= 0.6 is 11.6 Å². The van der Waals surface area contributed by atoms with Crippen molar-refractivity contribution in [1.29, 1.82) is 0 Å². The van der Waals surface area contributed by atoms with Gasteiger partial charge in [0.2, 0.25) is 22.3 Å². The van der Waals surface area contributed by atoms with Gasteiger partial charge in [-0.05, 0) is 65.0 Å². The first-order chi connectivity index (χ1) is 26.4. The lowest BCUT2D eigenvalue weighted by atomic mass is 9.93. The van der Waals surface area contributed by atoms with Crippen LogP contribution in [0.3, 0.4) is 0 Å². The first-order valence-electron chi connectivity index (χ1n) is 14.9. The SMILES string of the molecule is O=C(O)c1cc(S(=O)(=O)O)ccc1N=c1nc(Cl)[nH]c(=Nc2cc(S(=O)(=O)O)cc3c2C(=O)/C(=N/Nc2ccc4ccccc4c2S(=O)(=O)O)C(S(=O)(=O)O)=C3)[nH]1. The third-order valence-electron chi connectivity index (χ3n) is 7.70. The van der Waals surface area contributed by atoms with Crippen LogP contribution < -0.4 is 16.7 Å². The molecule has 57 heavy (non-hydrogen) atoms. The average molecular weight is 882 g/mol. The number of carbonyl (C=O) groups excluding carboxylic acids is 1. The Kier molecular flexibility index (Phi) is 10.4. The molecular formula is C30H20ClN7O15S4. The van der Waals surface area contributed by atoms with Crippen LogP contribution in [-0.4, -0.2) is 89.4 Å². The third kappa shape index (κ3) is 8.57. The van der Waals surface area contributed by atoms with Gasteiger partial charge >= 0.3 is 5.97 Å². The molecule has 0 spiro atoms. The number of carboxylic acids is 1. The fourth-order valence-corrected chi connectivity index (χ4v) is 8.09. The number of allylic oxidation sites excluding steroid dienone is 1. The van der Waals surface area contributed by atoms with Gasteiger partial charge in [-0.15, -0.1) is 0 Å². The van der Waals surface area contributed by atoms with Crippen molar-refractivity contribution in [3.63, 3.8) is 0 Å². The van der Waals surface area contributed by atoms with Gasteiger partial charge in [-0.1, -0.05) is 30.3 Å². The van der Waals surface area contributed by atoms with E-state index in [1.807, 2.05) is 0 Å². The molecule has 0 bridgehead atoms. The number of rotatable bonds is 9. The normalized spacial score (nSPS) is 15.1. The minimum absolute atomic E-state index is 0.00110. The van der Waals surface area contributed by atoms with Gasteiger partial charge in [-0.3, -0.25) is 33.4 Å². The molecule has 0 aliphatic heterocycles. The number of anilines is 1. The number of halogens is 1. The Morgan fingerprint density at radius 2 is 1.44 bits per heavy atom. The summed E-state index contributed by atoms with van der Waals surface area (Å²) in [5, 5.41) is 13.2. The number of H-pyrrole nitrogens is 2. The Labute approximate surface area is 323 Å². The quantitative estimate of drug-likeness (QED) is 0.0778. The van der Waals surface area contributed by atoms with Gasteiger partial charge in [-0.25, -0.2) is 14.8 Å². The Morgan fingerprint density at radius 3 is 2.07 bits per heavy atom. The standard InChI is InChI=1S/C30H20ClN7O15S4/c31-28-34-29(32-19-8-6-15(54(42,43)44)11-18(19)27(40)41)36-30(35-28)33-21-12-16(55(45,46)47)9-14-10-22(56(48,49)50)24(25(39)23(14)21)38-37-20-7-5-13-3-1-2-4-17(13)26(20)57(51,52)53/h1-12,37H,(H,40,41)(H,42,43,44)(H,45,46,47)(H,48,49,50)(H,51,52,53)(H2,32,33,34,35,36)/b38-24+. The number of aromatic nitrogens is 3. The van der Waals surface area contributed by atoms with E-state index in [9.17, 15) is 66.6 Å². The van der Waals surface area contributed by atoms with Crippen LogP contribution in [0.5, 0.6) is 0 Å². The molecule has 296 valence electrons. The Hall–Kier alpha value is -5.97. The number of hydrogen-bond donors (Lipinski definition) is 8. The van der Waals surface area contributed by atoms with Crippen molar-refractivity contribution in [1.82, 2.24) is 15.0 Å². The highest BCUT2D eigenvalue weighted by Crippen LogP contribution is 2.36. The van der Waals surface area contributed by atoms with E-state index >= 15 is 0 Å². The Morgan fingerprint density at radius 1 is 0.754 bits per heavy atom. The van der Waals surface area contributed by atoms with Crippen LogP contribution in [0.4, 0.5) is 17.1 Å². The predicted molar refractivity (Wildman–Crippen MR) is 197 cm³/mol. The summed E-state index contributed by atoms with van der Waals surface area (Å²) in [7, 11) is -20.4. The molecule has 22 nitrogen and oxygen atoms in total. The molecule has 0 saturated heterocycles. The smallest absolute Gasteiger partial charge is 0.337 e. The van der Waals surface area contributed by atoms with Crippen molar-refractivity contribution in [3.05, 3.63) is 105 Å². The molecule has 0 saturated carbocycles. The number of aromatic amines is 2. The van der Waals surface area contributed by atoms with Crippen molar-refractivity contribution in [2.75, 3.05) is 5.43 Å². The minimum atomic E-state index is -5.39. The number of hydrogen-bond acceptors (Lipinski definition) is 15. The highest BCUT2D eigenvalue weighted by atomic mass is 35.5. The molecule has 1 aliphatic carbocycles. The van der Waals surface area contributed by atoms with Gasteiger partial charge in [0.25, 0.3) is 40.5 Å². The summed E-state index contributed by atoms with van der Waals surface area (Å²) in [6, 6.07) is 12.1. The van der Waals surface area contributed by atoms with E-state index in [2.05, 4.69) is 35.5 Å². The molecule has 0 amide bonds. The van der Waals surface area contributed by atoms with E-state index in [4.69, 9.17) is 11.6 Å². The molecule has 27 heteroatoms. The van der Waals surface area contributed by atoms with Crippen LogP contribution in [0.1, 0.15) is 26.3 Å². The number of nitrogens with zero attached hydrogens (tertiary/aromatic N) is 4. The molecule has 8 N–H and O–H groups in total. The first kappa shape index (κ1) is 40.7. The maximum Gasteiger partial charge on any atom is 0.337 e. The lowest BCUT2D eigenvalue weighted by Crippen LogP contribution is -2.29. The van der Waals surface area contributed by atoms with E-state index in [1.165, 1.54) is 24.3 Å². The van der Waals surface area contributed by atoms with Crippen LogP contribution in [0.2, 0.25) is 5.28 Å². The summed E-state index contributed by atoms with van der Waals surface area (Å²) in [6.07, 6.45) is 0.599. The largest absolute Gasteiger partial charge is 0.478 e. The highest BCUT2D eigenvalue weighted by molar-refractivity contribution is 7.91. The monoisotopic (exact) mass is 881 g/mol. The van der Waals surface area contributed by atoms with E-state index in [-0.39, 0.29) is 5.39 Å². The third-order valence-corrected chi connectivity index (χ3v) is 11.4. The lowest BCUT2D eigenvalue weighted by Gasteiger charge is -2.19. The molecule has 0 unspecified atom stereocenters. The van der Waals surface area contributed by atoms with E-state index in [0.717, 1.165) is 18.2 Å². The number of aromatic carboxylic acids is 1. The number of carbonyl (C=O) groups is 2. The van der Waals surface area contributed by atoms with E-state index in [1.54, 1.807) is 6.07 Å². The van der Waals surface area contributed by atoms with Crippen molar-refractivity contribution in [2.45, 2.75) is 14.7 Å². The van der Waals surface area contributed by atoms with Crippen LogP contribution in [0.15, 0.2) is 101 Å². The van der Waals surface area contributed by atoms with Crippen LogP contribution in [-0.2, 0) is 40.5 Å². The van der Waals surface area contributed by atoms with Crippen molar-refractivity contribution >= 4 is 103 Å². The summed E-state index contributed by atoms with van der Waals surface area (Å²) in [5.41, 5.74) is -3.35. The predicted octanol–water partition coefficient (Wildman–Crippen LogP) is 2.34. The van der Waals surface area contributed by atoms with Gasteiger partial charge < -0.3 is 10.1 Å². The maximum absolute atomic E-state index is 14.1. The molecule has 4 aromatic carbocycles. The summed E-state index contributed by atoms with van der Waals surface area (Å²) < 4.78 is 137. The zero-order valence-corrected chi connectivity index (χ0v) is 31.6. The van der Waals surface area contributed by atoms with Gasteiger partial charge in [0.1, 0.15) is 9.80 Å². The fraction of sp³-hybridized carbons (Fsp3) is 0. The molecule has 0 radical (unpaired) electrons. The second-order valence-corrected chi connectivity index (χ2v) is 17.4. The molecule has 0 fully saturated rings. The van der Waals surface area contributed by atoms with Gasteiger partial charge in [0.15, 0.2) is 5.71 Å². The number of ketones is 1. The number of hydrazone groups is 1. The zero-order chi connectivity index (χ0) is 41.8. The average Bonchev–Trinajstić information content (AvgIpc) is 3.08. The molecular weight excluding hydrogens is 862 g/mol. The topological polar surface area (TPSA) is 365 Å². The lowest BCUT2D eigenvalue weighted by molar-refractivity contribution is 0.0697. The first-order valence-corrected chi connectivity index (χ1v) is 21.1. The van der Waals surface area contributed by atoms with Gasteiger partial charge in [0, 0.05) is 5.39 Å². The van der Waals surface area contributed by atoms with Gasteiger partial charge in [-0.2, -0.15) is 43.8 Å². The minimum Gasteiger partial charge on any atom is -0.478 e. The zero-order valence-electron chi connectivity index (χ0n) is 27.5. The fourth-order valence-electron chi connectivity index (χ4n) is 5.36. The number of fused-ring (bicyclic) bond motifs is 2. The number of nitrogens with one attached hydrogen (secondary N) is 3. The molecule has 1 aromatic heterocycles. The second kappa shape index (κ2) is 14.5. The maximum atomic E-state index is 14.1. The molecule has 0 atom stereocenters. The second-order valence-electron chi connectivity index (χ2n) is 11.4. The summed E-state index contributed by atoms with van der Waals surface area (Å²) in [6.45, 7) is 0. The molecule has 6 rings (SSSR count). The molecule has 1 heterocycles. The van der Waals surface area contributed by atoms with Crippen LogP contribution in [0, 0.1) is 0 Å². The number of benzene rings is 4. The number of carboxylic acid groups (broad SMARTS) is 1. The van der Waals surface area contributed by atoms with E-state index < -0.39 is 128 Å². The molecule has 5 aromatic rings. The van der Waals surface area contributed by atoms with Crippen molar-refractivity contribution in [3.8, 4) is 0 Å². The Balaban J connectivity index is 1.57. The highest BCUT2D eigenvalue weighted by Gasteiger charge is 2.36. The van der Waals surface area contributed by atoms with Crippen LogP contribution in [0.25, 0.3) is 16.8 Å². The summed E-state index contributed by atoms with van der Waals surface area (Å²) in [4.78, 5) is 39.1. The summed E-state index contributed by atoms with van der Waals surface area (Å²) >= 11 is 6.09. The van der Waals surface area contributed by atoms with Crippen molar-refractivity contribution in [2.24, 2.45) is 15.1 Å². The molecule has 1 aliphatic rings. The Bertz CT molecular complexity index is 3290.